The summed E-state index contributed by atoms with van der Waals surface area (Å²) in [4.78, 5) is 18.0. The third kappa shape index (κ3) is 3.05. The van der Waals surface area contributed by atoms with Crippen molar-refractivity contribution in [3.05, 3.63) is 29.6 Å². The van der Waals surface area contributed by atoms with Crippen molar-refractivity contribution in [2.75, 3.05) is 26.7 Å². The molecule has 0 aromatic carbocycles. The van der Waals surface area contributed by atoms with Crippen LogP contribution in [0.25, 0.3) is 0 Å². The average molecular weight is 244 g/mol. The minimum atomic E-state index is -0.124. The molecule has 0 aliphatic carbocycles. The van der Waals surface area contributed by atoms with Gasteiger partial charge in [-0.1, -0.05) is 0 Å². The Bertz CT molecular complexity index is 463. The standard InChI is InChI=1S/C13H16N4O/c1-17-5-4-10(9-17)7-16-13(18)11-2-3-12(6-14)15-8-11/h2-3,8,10H,4-5,7,9H2,1H3,(H,16,18). The molecular formula is C13H16N4O. The number of carbonyl (C=O) groups is 1. The number of nitriles is 1. The van der Waals surface area contributed by atoms with E-state index in [1.807, 2.05) is 6.07 Å². The molecule has 1 atom stereocenters. The van der Waals surface area contributed by atoms with E-state index in [2.05, 4.69) is 22.2 Å². The second-order valence-corrected chi connectivity index (χ2v) is 4.67. The van der Waals surface area contributed by atoms with Gasteiger partial charge >= 0.3 is 0 Å². The van der Waals surface area contributed by atoms with Crippen molar-refractivity contribution >= 4 is 5.91 Å². The molecular weight excluding hydrogens is 228 g/mol. The van der Waals surface area contributed by atoms with Crippen LogP contribution in [0.1, 0.15) is 22.5 Å². The van der Waals surface area contributed by atoms with Crippen LogP contribution in [0.2, 0.25) is 0 Å². The van der Waals surface area contributed by atoms with E-state index >= 15 is 0 Å². The summed E-state index contributed by atoms with van der Waals surface area (Å²) in [5, 5.41) is 11.5. The van der Waals surface area contributed by atoms with Gasteiger partial charge in [-0.3, -0.25) is 4.79 Å². The van der Waals surface area contributed by atoms with E-state index in [4.69, 9.17) is 5.26 Å². The summed E-state index contributed by atoms with van der Waals surface area (Å²) < 4.78 is 0. The van der Waals surface area contributed by atoms with Crippen molar-refractivity contribution in [1.29, 1.82) is 5.26 Å². The van der Waals surface area contributed by atoms with Crippen LogP contribution < -0.4 is 5.32 Å². The fourth-order valence-corrected chi connectivity index (χ4v) is 2.13. The van der Waals surface area contributed by atoms with Gasteiger partial charge in [0.1, 0.15) is 11.8 Å². The van der Waals surface area contributed by atoms with Crippen molar-refractivity contribution in [3.63, 3.8) is 0 Å². The smallest absolute Gasteiger partial charge is 0.252 e. The SMILES string of the molecule is CN1CCC(CNC(=O)c2ccc(C#N)nc2)C1. The number of rotatable bonds is 3. The van der Waals surface area contributed by atoms with Crippen molar-refractivity contribution < 1.29 is 4.79 Å². The van der Waals surface area contributed by atoms with Gasteiger partial charge < -0.3 is 10.2 Å². The molecule has 1 fully saturated rings. The van der Waals surface area contributed by atoms with E-state index in [9.17, 15) is 4.79 Å². The Morgan fingerprint density at radius 3 is 3.06 bits per heavy atom. The number of pyridine rings is 1. The number of carbonyl (C=O) groups excluding carboxylic acids is 1. The lowest BCUT2D eigenvalue weighted by atomic mass is 10.1. The molecule has 2 rings (SSSR count). The number of nitrogens with zero attached hydrogens (tertiary/aromatic N) is 3. The normalized spacial score (nSPS) is 19.4. The molecule has 5 nitrogen and oxygen atoms in total. The first kappa shape index (κ1) is 12.5. The second kappa shape index (κ2) is 5.61. The molecule has 1 N–H and O–H groups in total. The molecule has 1 amide bonds. The van der Waals surface area contributed by atoms with Crippen LogP contribution in [-0.4, -0.2) is 42.5 Å². The number of amides is 1. The van der Waals surface area contributed by atoms with Crippen molar-refractivity contribution in [1.82, 2.24) is 15.2 Å². The molecule has 1 aromatic rings. The fourth-order valence-electron chi connectivity index (χ4n) is 2.13. The highest BCUT2D eigenvalue weighted by Crippen LogP contribution is 2.13. The second-order valence-electron chi connectivity index (χ2n) is 4.67. The Morgan fingerprint density at radius 2 is 2.50 bits per heavy atom. The fraction of sp³-hybridized carbons (Fsp3) is 0.462. The summed E-state index contributed by atoms with van der Waals surface area (Å²) in [5.41, 5.74) is 0.823. The molecule has 2 heterocycles. The molecule has 1 aromatic heterocycles. The highest BCUT2D eigenvalue weighted by atomic mass is 16.1. The van der Waals surface area contributed by atoms with Gasteiger partial charge in [0.05, 0.1) is 5.56 Å². The Kier molecular flexibility index (Phi) is 3.90. The van der Waals surface area contributed by atoms with Crippen LogP contribution >= 0.6 is 0 Å². The minimum Gasteiger partial charge on any atom is -0.352 e. The van der Waals surface area contributed by atoms with Crippen molar-refractivity contribution in [3.8, 4) is 6.07 Å². The van der Waals surface area contributed by atoms with E-state index in [1.54, 1.807) is 12.1 Å². The molecule has 0 spiro atoms. The van der Waals surface area contributed by atoms with Gasteiger partial charge in [-0.2, -0.15) is 5.26 Å². The number of hydrogen-bond donors (Lipinski definition) is 1. The monoisotopic (exact) mass is 244 g/mol. The molecule has 0 bridgehead atoms. The van der Waals surface area contributed by atoms with Gasteiger partial charge in [0, 0.05) is 19.3 Å². The molecule has 0 saturated carbocycles. The predicted octanol–water partition coefficient (Wildman–Crippen LogP) is 0.635. The Balaban J connectivity index is 1.86. The lowest BCUT2D eigenvalue weighted by Gasteiger charge is -2.11. The quantitative estimate of drug-likeness (QED) is 0.847. The van der Waals surface area contributed by atoms with Crippen LogP contribution in [-0.2, 0) is 0 Å². The summed E-state index contributed by atoms with van der Waals surface area (Å²) in [6.45, 7) is 2.83. The number of likely N-dealkylation sites (tertiary alicyclic amines) is 1. The van der Waals surface area contributed by atoms with Gasteiger partial charge in [-0.05, 0) is 38.1 Å². The van der Waals surface area contributed by atoms with Crippen LogP contribution in [0.3, 0.4) is 0 Å². The average Bonchev–Trinajstić information content (AvgIpc) is 2.82. The first-order valence-electron chi connectivity index (χ1n) is 6.02. The summed E-state index contributed by atoms with van der Waals surface area (Å²) in [6, 6.07) is 5.11. The van der Waals surface area contributed by atoms with Gasteiger partial charge in [-0.15, -0.1) is 0 Å². The van der Waals surface area contributed by atoms with Crippen LogP contribution in [0.15, 0.2) is 18.3 Å². The molecule has 1 aliphatic heterocycles. The van der Waals surface area contributed by atoms with Crippen molar-refractivity contribution in [2.45, 2.75) is 6.42 Å². The first-order valence-corrected chi connectivity index (χ1v) is 6.02. The third-order valence-corrected chi connectivity index (χ3v) is 3.18. The van der Waals surface area contributed by atoms with Crippen LogP contribution in [0.5, 0.6) is 0 Å². The van der Waals surface area contributed by atoms with E-state index in [0.29, 0.717) is 23.7 Å². The van der Waals surface area contributed by atoms with Gasteiger partial charge in [0.25, 0.3) is 5.91 Å². The van der Waals surface area contributed by atoms with Crippen LogP contribution in [0.4, 0.5) is 0 Å². The lowest BCUT2D eigenvalue weighted by molar-refractivity contribution is 0.0947. The molecule has 18 heavy (non-hydrogen) atoms. The van der Waals surface area contributed by atoms with E-state index in [1.165, 1.54) is 6.20 Å². The maximum atomic E-state index is 11.8. The van der Waals surface area contributed by atoms with E-state index in [0.717, 1.165) is 19.5 Å². The zero-order valence-corrected chi connectivity index (χ0v) is 10.4. The van der Waals surface area contributed by atoms with E-state index in [-0.39, 0.29) is 5.91 Å². The Morgan fingerprint density at radius 1 is 1.67 bits per heavy atom. The summed E-state index contributed by atoms with van der Waals surface area (Å²) in [6.07, 6.45) is 2.57. The van der Waals surface area contributed by atoms with Gasteiger partial charge in [-0.25, -0.2) is 4.98 Å². The summed E-state index contributed by atoms with van der Waals surface area (Å²) >= 11 is 0. The number of nitrogens with one attached hydrogen (secondary N) is 1. The largest absolute Gasteiger partial charge is 0.352 e. The molecule has 1 saturated heterocycles. The van der Waals surface area contributed by atoms with E-state index < -0.39 is 0 Å². The topological polar surface area (TPSA) is 69.0 Å². The van der Waals surface area contributed by atoms with Gasteiger partial charge in [0.15, 0.2) is 0 Å². The van der Waals surface area contributed by atoms with Crippen molar-refractivity contribution in [2.24, 2.45) is 5.92 Å². The molecule has 0 radical (unpaired) electrons. The molecule has 94 valence electrons. The lowest BCUT2D eigenvalue weighted by Crippen LogP contribution is -2.30. The highest BCUT2D eigenvalue weighted by molar-refractivity contribution is 5.93. The Hall–Kier alpha value is -1.93. The molecule has 1 aliphatic rings. The summed E-state index contributed by atoms with van der Waals surface area (Å²) in [5.74, 6) is 0.409. The third-order valence-electron chi connectivity index (χ3n) is 3.18. The van der Waals surface area contributed by atoms with Crippen LogP contribution in [0, 0.1) is 17.2 Å². The highest BCUT2D eigenvalue weighted by Gasteiger charge is 2.19. The maximum absolute atomic E-state index is 11.8. The zero-order chi connectivity index (χ0) is 13.0. The number of hydrogen-bond acceptors (Lipinski definition) is 4. The first-order chi connectivity index (χ1) is 8.69. The number of aromatic nitrogens is 1. The zero-order valence-electron chi connectivity index (χ0n) is 10.4. The Labute approximate surface area is 106 Å². The molecule has 1 unspecified atom stereocenters. The molecule has 5 heteroatoms. The predicted molar refractivity (Wildman–Crippen MR) is 66.9 cm³/mol. The maximum Gasteiger partial charge on any atom is 0.252 e. The summed E-state index contributed by atoms with van der Waals surface area (Å²) in [7, 11) is 2.09. The minimum absolute atomic E-state index is 0.124. The van der Waals surface area contributed by atoms with Gasteiger partial charge in [0.2, 0.25) is 0 Å².